The monoisotopic (exact) mass is 455 g/mol. The third kappa shape index (κ3) is 4.18. The van der Waals surface area contributed by atoms with Gasteiger partial charge in [-0.3, -0.25) is 4.90 Å². The van der Waals surface area contributed by atoms with Gasteiger partial charge >= 0.3 is 5.97 Å². The predicted octanol–water partition coefficient (Wildman–Crippen LogP) is 3.02. The summed E-state index contributed by atoms with van der Waals surface area (Å²) in [7, 11) is 1.40. The summed E-state index contributed by atoms with van der Waals surface area (Å²) in [5.41, 5.74) is 2.31. The molecule has 2 aromatic heterocycles. The molecular weight excluding hydrogens is 430 g/mol. The molecule has 2 aliphatic rings. The lowest BCUT2D eigenvalue weighted by Gasteiger charge is -2.41. The van der Waals surface area contributed by atoms with Crippen molar-refractivity contribution < 1.29 is 14.3 Å². The lowest BCUT2D eigenvalue weighted by atomic mass is 10.0. The number of nitrogens with zero attached hydrogens (tertiary/aromatic N) is 5. The first-order chi connectivity index (χ1) is 15.6. The summed E-state index contributed by atoms with van der Waals surface area (Å²) in [5.74, 6) is 0.578. The molecule has 2 aliphatic heterocycles. The average molecular weight is 456 g/mol. The molecule has 1 aromatic carbocycles. The third-order valence-corrected chi connectivity index (χ3v) is 6.57. The van der Waals surface area contributed by atoms with Crippen LogP contribution < -0.4 is 4.90 Å². The SMILES string of the molecule is COC(=O)c1ccc2ncn(C(CN3CCN(c4cccc(Cl)n4)CC3)C3CCO3)c2c1. The Balaban J connectivity index is 1.34. The molecule has 0 amide bonds. The van der Waals surface area contributed by atoms with Crippen LogP contribution in [0, 0.1) is 0 Å². The Labute approximate surface area is 191 Å². The predicted molar refractivity (Wildman–Crippen MR) is 122 cm³/mol. The minimum atomic E-state index is -0.346. The van der Waals surface area contributed by atoms with E-state index in [1.807, 2.05) is 30.6 Å². The quantitative estimate of drug-likeness (QED) is 0.418. The molecule has 2 atom stereocenters. The third-order valence-electron chi connectivity index (χ3n) is 6.36. The molecule has 5 rings (SSSR count). The first-order valence-corrected chi connectivity index (χ1v) is 11.3. The maximum Gasteiger partial charge on any atom is 0.337 e. The number of halogens is 1. The highest BCUT2D eigenvalue weighted by molar-refractivity contribution is 6.29. The van der Waals surface area contributed by atoms with Gasteiger partial charge in [-0.2, -0.15) is 0 Å². The van der Waals surface area contributed by atoms with Crippen LogP contribution in [0.4, 0.5) is 5.82 Å². The Morgan fingerprint density at radius 2 is 2.06 bits per heavy atom. The molecule has 0 N–H and O–H groups in total. The number of benzene rings is 1. The Morgan fingerprint density at radius 1 is 1.25 bits per heavy atom. The smallest absolute Gasteiger partial charge is 0.337 e. The molecule has 9 heteroatoms. The van der Waals surface area contributed by atoms with Gasteiger partial charge in [-0.1, -0.05) is 17.7 Å². The lowest BCUT2D eigenvalue weighted by Crippen LogP contribution is -2.50. The van der Waals surface area contributed by atoms with Crippen molar-refractivity contribution in [3.05, 3.63) is 53.4 Å². The number of esters is 1. The number of ether oxygens (including phenoxy) is 2. The highest BCUT2D eigenvalue weighted by Gasteiger charge is 2.33. The number of methoxy groups -OCH3 is 1. The van der Waals surface area contributed by atoms with Crippen molar-refractivity contribution >= 4 is 34.4 Å². The molecule has 4 heterocycles. The maximum absolute atomic E-state index is 12.0. The van der Waals surface area contributed by atoms with E-state index < -0.39 is 0 Å². The second-order valence-electron chi connectivity index (χ2n) is 8.22. The van der Waals surface area contributed by atoms with Gasteiger partial charge < -0.3 is 18.9 Å². The van der Waals surface area contributed by atoms with Crippen molar-refractivity contribution in [2.45, 2.75) is 18.6 Å². The first-order valence-electron chi connectivity index (χ1n) is 10.9. The molecule has 0 radical (unpaired) electrons. The number of carbonyl (C=O) groups is 1. The zero-order valence-electron chi connectivity index (χ0n) is 18.0. The van der Waals surface area contributed by atoms with E-state index in [2.05, 4.69) is 24.3 Å². The molecule has 0 saturated carbocycles. The van der Waals surface area contributed by atoms with E-state index >= 15 is 0 Å². The molecule has 32 heavy (non-hydrogen) atoms. The van der Waals surface area contributed by atoms with Crippen LogP contribution in [0.15, 0.2) is 42.7 Å². The van der Waals surface area contributed by atoms with E-state index in [4.69, 9.17) is 21.1 Å². The number of pyridine rings is 1. The molecule has 168 valence electrons. The molecule has 0 bridgehead atoms. The van der Waals surface area contributed by atoms with Crippen LogP contribution in [0.2, 0.25) is 5.15 Å². The van der Waals surface area contributed by atoms with Crippen molar-refractivity contribution in [3.8, 4) is 0 Å². The maximum atomic E-state index is 12.0. The fourth-order valence-corrected chi connectivity index (χ4v) is 4.63. The van der Waals surface area contributed by atoms with Crippen molar-refractivity contribution in [1.82, 2.24) is 19.4 Å². The minimum Gasteiger partial charge on any atom is -0.465 e. The van der Waals surface area contributed by atoms with Crippen molar-refractivity contribution in [1.29, 1.82) is 0 Å². The Hall–Kier alpha value is -2.68. The highest BCUT2D eigenvalue weighted by atomic mass is 35.5. The normalized spacial score (nSPS) is 20.2. The van der Waals surface area contributed by atoms with E-state index in [9.17, 15) is 4.79 Å². The van der Waals surface area contributed by atoms with Crippen LogP contribution in [0.3, 0.4) is 0 Å². The largest absolute Gasteiger partial charge is 0.465 e. The van der Waals surface area contributed by atoms with Gasteiger partial charge in [0.2, 0.25) is 0 Å². The zero-order chi connectivity index (χ0) is 22.1. The zero-order valence-corrected chi connectivity index (χ0v) is 18.7. The average Bonchev–Trinajstić information content (AvgIpc) is 3.20. The molecule has 2 saturated heterocycles. The van der Waals surface area contributed by atoms with E-state index in [1.54, 1.807) is 12.1 Å². The van der Waals surface area contributed by atoms with Crippen LogP contribution in [0.1, 0.15) is 22.8 Å². The van der Waals surface area contributed by atoms with Gasteiger partial charge in [0, 0.05) is 39.3 Å². The second-order valence-corrected chi connectivity index (χ2v) is 8.61. The number of anilines is 1. The number of fused-ring (bicyclic) bond motifs is 1. The lowest BCUT2D eigenvalue weighted by molar-refractivity contribution is -0.0852. The van der Waals surface area contributed by atoms with E-state index in [0.29, 0.717) is 10.7 Å². The van der Waals surface area contributed by atoms with Gasteiger partial charge in [0.25, 0.3) is 0 Å². The number of imidazole rings is 1. The Bertz CT molecular complexity index is 1110. The van der Waals surface area contributed by atoms with Crippen LogP contribution in [-0.4, -0.2) is 77.9 Å². The van der Waals surface area contributed by atoms with Crippen LogP contribution in [0.5, 0.6) is 0 Å². The van der Waals surface area contributed by atoms with Crippen LogP contribution in [-0.2, 0) is 9.47 Å². The molecule has 0 aliphatic carbocycles. The standard InChI is InChI=1S/C23H26ClN5O3/c1-31-23(30)16-5-6-17-18(13-16)29(15-25-17)19(20-7-12-32-20)14-27-8-10-28(11-9-27)22-4-2-3-21(24)26-22/h2-6,13,15,19-20H,7-12,14H2,1H3. The summed E-state index contributed by atoms with van der Waals surface area (Å²) < 4.78 is 13.0. The first kappa shape index (κ1) is 21.2. The van der Waals surface area contributed by atoms with Gasteiger partial charge in [0.05, 0.1) is 42.2 Å². The van der Waals surface area contributed by atoms with Crippen LogP contribution in [0.25, 0.3) is 11.0 Å². The number of piperazine rings is 1. The van der Waals surface area contributed by atoms with Crippen molar-refractivity contribution in [3.63, 3.8) is 0 Å². The van der Waals surface area contributed by atoms with E-state index in [1.165, 1.54) is 7.11 Å². The number of hydrogen-bond donors (Lipinski definition) is 0. The summed E-state index contributed by atoms with van der Waals surface area (Å²) in [5, 5.41) is 0.519. The van der Waals surface area contributed by atoms with Gasteiger partial charge in [-0.15, -0.1) is 0 Å². The Kier molecular flexibility index (Phi) is 5.99. The molecule has 2 unspecified atom stereocenters. The second kappa shape index (κ2) is 9.05. The summed E-state index contributed by atoms with van der Waals surface area (Å²) in [4.78, 5) is 25.8. The summed E-state index contributed by atoms with van der Waals surface area (Å²) in [6.45, 7) is 5.28. The fourth-order valence-electron chi connectivity index (χ4n) is 4.47. The van der Waals surface area contributed by atoms with Gasteiger partial charge in [0.1, 0.15) is 11.0 Å². The minimum absolute atomic E-state index is 0.123. The van der Waals surface area contributed by atoms with Gasteiger partial charge in [0.15, 0.2) is 0 Å². The number of aromatic nitrogens is 3. The topological polar surface area (TPSA) is 72.7 Å². The molecule has 2 fully saturated rings. The number of rotatable bonds is 6. The summed E-state index contributed by atoms with van der Waals surface area (Å²) in [6.07, 6.45) is 3.03. The summed E-state index contributed by atoms with van der Waals surface area (Å²) >= 11 is 6.06. The molecule has 8 nitrogen and oxygen atoms in total. The van der Waals surface area contributed by atoms with Gasteiger partial charge in [-0.05, 0) is 36.8 Å². The molecular formula is C23H26ClN5O3. The molecule has 3 aromatic rings. The van der Waals surface area contributed by atoms with Crippen molar-refractivity contribution in [2.24, 2.45) is 0 Å². The number of hydrogen-bond acceptors (Lipinski definition) is 7. The van der Waals surface area contributed by atoms with E-state index in [0.717, 1.165) is 62.6 Å². The van der Waals surface area contributed by atoms with Crippen molar-refractivity contribution in [2.75, 3.05) is 51.3 Å². The fraction of sp³-hybridized carbons (Fsp3) is 0.435. The molecule has 0 spiro atoms. The summed E-state index contributed by atoms with van der Waals surface area (Å²) in [6, 6.07) is 11.3. The van der Waals surface area contributed by atoms with Gasteiger partial charge in [-0.25, -0.2) is 14.8 Å². The number of carbonyl (C=O) groups excluding carboxylic acids is 1. The van der Waals surface area contributed by atoms with E-state index in [-0.39, 0.29) is 18.1 Å². The highest BCUT2D eigenvalue weighted by Crippen LogP contribution is 2.30. The Morgan fingerprint density at radius 3 is 2.75 bits per heavy atom. The van der Waals surface area contributed by atoms with Crippen LogP contribution >= 0.6 is 11.6 Å².